The van der Waals surface area contributed by atoms with E-state index in [1.165, 1.54) is 0 Å². The molecule has 0 atom stereocenters. The summed E-state index contributed by atoms with van der Waals surface area (Å²) < 4.78 is 10.2. The molecule has 98 valence electrons. The number of nitrogens with one attached hydrogen (secondary N) is 2. The molecule has 0 spiro atoms. The van der Waals surface area contributed by atoms with Crippen LogP contribution in [-0.4, -0.2) is 39.9 Å². The van der Waals surface area contributed by atoms with Gasteiger partial charge in [0.1, 0.15) is 5.76 Å². The van der Waals surface area contributed by atoms with Crippen molar-refractivity contribution in [3.8, 4) is 0 Å². The smallest absolute Gasteiger partial charge is 0.103 e. The Morgan fingerprint density at radius 2 is 1.88 bits per heavy atom. The van der Waals surface area contributed by atoms with Gasteiger partial charge in [0.15, 0.2) is 0 Å². The van der Waals surface area contributed by atoms with Crippen LogP contribution in [0.4, 0.5) is 0 Å². The number of methoxy groups -OCH3 is 1. The zero-order valence-corrected chi connectivity index (χ0v) is 10.7. The highest BCUT2D eigenvalue weighted by atomic mass is 16.5. The molecule has 4 heteroatoms. The molecule has 17 heavy (non-hydrogen) atoms. The third-order valence-corrected chi connectivity index (χ3v) is 2.55. The highest BCUT2D eigenvalue weighted by Gasteiger charge is 1.95. The summed E-state index contributed by atoms with van der Waals surface area (Å²) in [5.41, 5.74) is 0. The van der Waals surface area contributed by atoms with Gasteiger partial charge in [0.25, 0.3) is 0 Å². The second-order valence-electron chi connectivity index (χ2n) is 4.03. The fraction of sp³-hybridized carbons (Fsp3) is 0.692. The van der Waals surface area contributed by atoms with Gasteiger partial charge in [-0.25, -0.2) is 0 Å². The maximum atomic E-state index is 5.27. The number of aryl methyl sites for hydroxylation is 1. The molecule has 0 fully saturated rings. The zero-order chi connectivity index (χ0) is 12.2. The zero-order valence-electron chi connectivity index (χ0n) is 10.7. The van der Waals surface area contributed by atoms with Crippen molar-refractivity contribution in [1.29, 1.82) is 0 Å². The lowest BCUT2D eigenvalue weighted by atomic mass is 10.2. The summed E-state index contributed by atoms with van der Waals surface area (Å²) in [5, 5.41) is 6.75. The van der Waals surface area contributed by atoms with Gasteiger partial charge in [-0.3, -0.25) is 0 Å². The first-order valence-electron chi connectivity index (χ1n) is 6.36. The van der Waals surface area contributed by atoms with E-state index in [2.05, 4.69) is 10.6 Å². The Morgan fingerprint density at radius 1 is 1.12 bits per heavy atom. The number of hydrogen-bond donors (Lipinski definition) is 2. The summed E-state index contributed by atoms with van der Waals surface area (Å²) in [4.78, 5) is 0. The van der Waals surface area contributed by atoms with Crippen LogP contribution in [0.1, 0.15) is 18.6 Å². The van der Waals surface area contributed by atoms with Gasteiger partial charge in [0.05, 0.1) is 12.9 Å². The van der Waals surface area contributed by atoms with Crippen LogP contribution in [0.25, 0.3) is 0 Å². The first-order valence-corrected chi connectivity index (χ1v) is 6.36. The second kappa shape index (κ2) is 10.3. The molecule has 0 saturated carbocycles. The van der Waals surface area contributed by atoms with Gasteiger partial charge in [0, 0.05) is 20.1 Å². The molecule has 0 unspecified atom stereocenters. The van der Waals surface area contributed by atoms with E-state index in [9.17, 15) is 0 Å². The Hall–Kier alpha value is -0.840. The molecule has 1 aromatic rings. The van der Waals surface area contributed by atoms with Crippen LogP contribution in [0.5, 0.6) is 0 Å². The summed E-state index contributed by atoms with van der Waals surface area (Å²) in [6.07, 6.45) is 5.04. The molecule has 0 bridgehead atoms. The number of rotatable bonds is 11. The van der Waals surface area contributed by atoms with E-state index in [1.54, 1.807) is 13.4 Å². The fourth-order valence-electron chi connectivity index (χ4n) is 1.61. The molecular formula is C13H24N2O2. The van der Waals surface area contributed by atoms with Crippen molar-refractivity contribution in [2.45, 2.75) is 19.3 Å². The van der Waals surface area contributed by atoms with Gasteiger partial charge in [-0.05, 0) is 44.6 Å². The van der Waals surface area contributed by atoms with Crippen LogP contribution in [0, 0.1) is 0 Å². The molecule has 0 saturated heterocycles. The van der Waals surface area contributed by atoms with Crippen molar-refractivity contribution in [2.75, 3.05) is 39.9 Å². The van der Waals surface area contributed by atoms with Gasteiger partial charge < -0.3 is 19.8 Å². The predicted octanol–water partition coefficient (Wildman–Crippen LogP) is 1.43. The quantitative estimate of drug-likeness (QED) is 0.574. The van der Waals surface area contributed by atoms with Crippen LogP contribution in [0.3, 0.4) is 0 Å². The van der Waals surface area contributed by atoms with E-state index in [4.69, 9.17) is 9.15 Å². The molecule has 0 amide bonds. The topological polar surface area (TPSA) is 46.4 Å². The molecule has 1 aromatic heterocycles. The highest BCUT2D eigenvalue weighted by Crippen LogP contribution is 2.02. The molecular weight excluding hydrogens is 216 g/mol. The summed E-state index contributed by atoms with van der Waals surface area (Å²) in [5.74, 6) is 1.08. The van der Waals surface area contributed by atoms with Gasteiger partial charge in [-0.1, -0.05) is 0 Å². The van der Waals surface area contributed by atoms with Gasteiger partial charge >= 0.3 is 0 Å². The van der Waals surface area contributed by atoms with Crippen molar-refractivity contribution in [3.05, 3.63) is 24.2 Å². The van der Waals surface area contributed by atoms with E-state index in [0.29, 0.717) is 0 Å². The normalized spacial score (nSPS) is 10.9. The molecule has 0 aliphatic rings. The highest BCUT2D eigenvalue weighted by molar-refractivity contribution is 4.97. The maximum absolute atomic E-state index is 5.27. The maximum Gasteiger partial charge on any atom is 0.103 e. The lowest BCUT2D eigenvalue weighted by Gasteiger charge is -2.05. The van der Waals surface area contributed by atoms with Gasteiger partial charge in [-0.2, -0.15) is 0 Å². The van der Waals surface area contributed by atoms with Crippen LogP contribution in [0.2, 0.25) is 0 Å². The number of hydrogen-bond acceptors (Lipinski definition) is 4. The van der Waals surface area contributed by atoms with E-state index in [-0.39, 0.29) is 0 Å². The van der Waals surface area contributed by atoms with E-state index < -0.39 is 0 Å². The van der Waals surface area contributed by atoms with Crippen molar-refractivity contribution in [2.24, 2.45) is 0 Å². The average molecular weight is 240 g/mol. The Morgan fingerprint density at radius 3 is 2.59 bits per heavy atom. The Kier molecular flexibility index (Phi) is 8.64. The van der Waals surface area contributed by atoms with Gasteiger partial charge in [-0.15, -0.1) is 0 Å². The number of furan rings is 1. The standard InChI is InChI=1S/C13H24N2O2/c1-16-12-10-15-9-4-8-14-7-2-5-13-6-3-11-17-13/h3,6,11,14-15H,2,4-5,7-10,12H2,1H3. The second-order valence-corrected chi connectivity index (χ2v) is 4.03. The molecule has 0 radical (unpaired) electrons. The largest absolute Gasteiger partial charge is 0.469 e. The minimum Gasteiger partial charge on any atom is -0.469 e. The molecule has 0 aromatic carbocycles. The van der Waals surface area contributed by atoms with Crippen LogP contribution >= 0.6 is 0 Å². The van der Waals surface area contributed by atoms with Crippen LogP contribution in [-0.2, 0) is 11.2 Å². The molecule has 1 rings (SSSR count). The Labute approximate surface area is 104 Å². The summed E-state index contributed by atoms with van der Waals surface area (Å²) >= 11 is 0. The minimum absolute atomic E-state index is 0.788. The predicted molar refractivity (Wildman–Crippen MR) is 69.3 cm³/mol. The summed E-state index contributed by atoms with van der Waals surface area (Å²) in [6.45, 7) is 4.90. The van der Waals surface area contributed by atoms with Gasteiger partial charge in [0.2, 0.25) is 0 Å². The Balaban J connectivity index is 1.76. The molecule has 1 heterocycles. The SMILES string of the molecule is COCCNCCCNCCCc1ccco1. The van der Waals surface area contributed by atoms with Crippen molar-refractivity contribution >= 4 is 0 Å². The summed E-state index contributed by atoms with van der Waals surface area (Å²) in [7, 11) is 1.72. The third kappa shape index (κ3) is 7.96. The third-order valence-electron chi connectivity index (χ3n) is 2.55. The number of ether oxygens (including phenoxy) is 1. The van der Waals surface area contributed by atoms with E-state index in [0.717, 1.165) is 57.8 Å². The first-order chi connectivity index (χ1) is 8.43. The van der Waals surface area contributed by atoms with Crippen molar-refractivity contribution in [3.63, 3.8) is 0 Å². The Bertz CT molecular complexity index is 250. The van der Waals surface area contributed by atoms with E-state index in [1.807, 2.05) is 12.1 Å². The lowest BCUT2D eigenvalue weighted by molar-refractivity contribution is 0.199. The molecule has 2 N–H and O–H groups in total. The van der Waals surface area contributed by atoms with Crippen molar-refractivity contribution < 1.29 is 9.15 Å². The molecule has 0 aliphatic heterocycles. The first kappa shape index (κ1) is 14.2. The summed E-state index contributed by atoms with van der Waals surface area (Å²) in [6, 6.07) is 3.97. The lowest BCUT2D eigenvalue weighted by Crippen LogP contribution is -2.25. The minimum atomic E-state index is 0.788. The fourth-order valence-corrected chi connectivity index (χ4v) is 1.61. The molecule has 4 nitrogen and oxygen atoms in total. The van der Waals surface area contributed by atoms with E-state index >= 15 is 0 Å². The van der Waals surface area contributed by atoms with Crippen LogP contribution in [0.15, 0.2) is 22.8 Å². The van der Waals surface area contributed by atoms with Crippen LogP contribution < -0.4 is 10.6 Å². The average Bonchev–Trinajstić information content (AvgIpc) is 2.85. The monoisotopic (exact) mass is 240 g/mol. The molecule has 0 aliphatic carbocycles. The van der Waals surface area contributed by atoms with Crippen molar-refractivity contribution in [1.82, 2.24) is 10.6 Å².